The maximum atomic E-state index is 5.68. The molecule has 1 fully saturated rings. The van der Waals surface area contributed by atoms with E-state index in [0.29, 0.717) is 12.0 Å². The number of guanidine groups is 1. The molecule has 2 heterocycles. The second-order valence-electron chi connectivity index (χ2n) is 6.13. The summed E-state index contributed by atoms with van der Waals surface area (Å²) in [6.45, 7) is 9.22. The molecule has 6 heteroatoms. The SMILES string of the molecule is CCNC(=NCC(C)c1cccs1)NCCCOCC1CCCO1. The second kappa shape index (κ2) is 11.4. The first-order valence-corrected chi connectivity index (χ1v) is 9.92. The third kappa shape index (κ3) is 7.20. The Balaban J connectivity index is 1.60. The van der Waals surface area contributed by atoms with E-state index in [4.69, 9.17) is 14.5 Å². The van der Waals surface area contributed by atoms with E-state index >= 15 is 0 Å². The van der Waals surface area contributed by atoms with Gasteiger partial charge in [0.2, 0.25) is 0 Å². The first kappa shape index (κ1) is 19.2. The van der Waals surface area contributed by atoms with Crippen molar-refractivity contribution in [3.63, 3.8) is 0 Å². The molecule has 1 aromatic heterocycles. The van der Waals surface area contributed by atoms with Crippen molar-refractivity contribution >= 4 is 17.3 Å². The minimum Gasteiger partial charge on any atom is -0.379 e. The van der Waals surface area contributed by atoms with E-state index in [-0.39, 0.29) is 0 Å². The first-order chi connectivity index (χ1) is 11.8. The molecule has 2 atom stereocenters. The van der Waals surface area contributed by atoms with E-state index in [1.54, 1.807) is 11.3 Å². The summed E-state index contributed by atoms with van der Waals surface area (Å²) in [5.41, 5.74) is 0. The molecule has 5 nitrogen and oxygen atoms in total. The molecular formula is C18H31N3O2S. The van der Waals surface area contributed by atoms with Crippen LogP contribution in [-0.2, 0) is 9.47 Å². The van der Waals surface area contributed by atoms with Crippen LogP contribution in [0.5, 0.6) is 0 Å². The van der Waals surface area contributed by atoms with Gasteiger partial charge >= 0.3 is 0 Å². The zero-order valence-electron chi connectivity index (χ0n) is 14.9. The fourth-order valence-corrected chi connectivity index (χ4v) is 3.38. The van der Waals surface area contributed by atoms with Crippen molar-refractivity contribution in [2.24, 2.45) is 4.99 Å². The van der Waals surface area contributed by atoms with E-state index in [9.17, 15) is 0 Å². The Morgan fingerprint density at radius 2 is 2.42 bits per heavy atom. The molecule has 0 aliphatic carbocycles. The molecule has 2 rings (SSSR count). The van der Waals surface area contributed by atoms with Crippen molar-refractivity contribution in [1.82, 2.24) is 10.6 Å². The number of nitrogens with zero attached hydrogens (tertiary/aromatic N) is 1. The summed E-state index contributed by atoms with van der Waals surface area (Å²) in [6, 6.07) is 4.27. The predicted molar refractivity (Wildman–Crippen MR) is 101 cm³/mol. The Morgan fingerprint density at radius 1 is 1.50 bits per heavy atom. The second-order valence-corrected chi connectivity index (χ2v) is 7.11. The van der Waals surface area contributed by atoms with Gasteiger partial charge in [0, 0.05) is 37.1 Å². The summed E-state index contributed by atoms with van der Waals surface area (Å²) >= 11 is 1.80. The number of rotatable bonds is 10. The van der Waals surface area contributed by atoms with Gasteiger partial charge in [-0.25, -0.2) is 0 Å². The molecule has 1 aliphatic rings. The fourth-order valence-electron chi connectivity index (χ4n) is 2.60. The van der Waals surface area contributed by atoms with Crippen molar-refractivity contribution in [2.45, 2.75) is 45.1 Å². The van der Waals surface area contributed by atoms with Crippen LogP contribution in [0.2, 0.25) is 0 Å². The number of hydrogen-bond donors (Lipinski definition) is 2. The van der Waals surface area contributed by atoms with E-state index in [1.807, 2.05) is 0 Å². The van der Waals surface area contributed by atoms with Crippen LogP contribution in [0.1, 0.15) is 43.9 Å². The van der Waals surface area contributed by atoms with Crippen LogP contribution >= 0.6 is 11.3 Å². The van der Waals surface area contributed by atoms with Crippen LogP contribution in [-0.4, -0.2) is 51.5 Å². The minimum absolute atomic E-state index is 0.315. The molecule has 1 aliphatic heterocycles. The van der Waals surface area contributed by atoms with Crippen molar-refractivity contribution < 1.29 is 9.47 Å². The molecular weight excluding hydrogens is 322 g/mol. The molecule has 136 valence electrons. The highest BCUT2D eigenvalue weighted by atomic mass is 32.1. The Kier molecular flexibility index (Phi) is 9.16. The van der Waals surface area contributed by atoms with E-state index in [2.05, 4.69) is 42.0 Å². The third-order valence-electron chi connectivity index (χ3n) is 3.98. The highest BCUT2D eigenvalue weighted by molar-refractivity contribution is 7.10. The van der Waals surface area contributed by atoms with E-state index < -0.39 is 0 Å². The first-order valence-electron chi connectivity index (χ1n) is 9.04. The van der Waals surface area contributed by atoms with Crippen molar-refractivity contribution in [3.05, 3.63) is 22.4 Å². The van der Waals surface area contributed by atoms with Gasteiger partial charge in [-0.2, -0.15) is 0 Å². The van der Waals surface area contributed by atoms with Gasteiger partial charge in [-0.05, 0) is 37.6 Å². The minimum atomic E-state index is 0.315. The highest BCUT2D eigenvalue weighted by Crippen LogP contribution is 2.20. The van der Waals surface area contributed by atoms with Gasteiger partial charge in [0.25, 0.3) is 0 Å². The smallest absolute Gasteiger partial charge is 0.191 e. The summed E-state index contributed by atoms with van der Waals surface area (Å²) in [7, 11) is 0. The largest absolute Gasteiger partial charge is 0.379 e. The highest BCUT2D eigenvalue weighted by Gasteiger charge is 2.14. The zero-order chi connectivity index (χ0) is 17.0. The van der Waals surface area contributed by atoms with Crippen LogP contribution < -0.4 is 10.6 Å². The van der Waals surface area contributed by atoms with Crippen LogP contribution in [0.15, 0.2) is 22.5 Å². The van der Waals surface area contributed by atoms with Crippen LogP contribution in [0.4, 0.5) is 0 Å². The van der Waals surface area contributed by atoms with Gasteiger partial charge in [0.1, 0.15) is 0 Å². The molecule has 0 spiro atoms. The lowest BCUT2D eigenvalue weighted by Gasteiger charge is -2.13. The van der Waals surface area contributed by atoms with Gasteiger partial charge in [-0.15, -0.1) is 11.3 Å². The normalized spacial score (nSPS) is 19.4. The molecule has 0 saturated carbocycles. The quantitative estimate of drug-likeness (QED) is 0.386. The van der Waals surface area contributed by atoms with Crippen molar-refractivity contribution in [3.8, 4) is 0 Å². The lowest BCUT2D eigenvalue weighted by molar-refractivity contribution is 0.0168. The number of thiophene rings is 1. The number of nitrogens with one attached hydrogen (secondary N) is 2. The van der Waals surface area contributed by atoms with Gasteiger partial charge in [-0.1, -0.05) is 13.0 Å². The Morgan fingerprint density at radius 3 is 3.12 bits per heavy atom. The van der Waals surface area contributed by atoms with Crippen molar-refractivity contribution in [2.75, 3.05) is 39.5 Å². The van der Waals surface area contributed by atoms with Crippen LogP contribution in [0.3, 0.4) is 0 Å². The monoisotopic (exact) mass is 353 g/mol. The average Bonchev–Trinajstić information content (AvgIpc) is 3.28. The summed E-state index contributed by atoms with van der Waals surface area (Å²) in [6.07, 6.45) is 3.59. The molecule has 0 amide bonds. The standard InChI is InChI=1S/C18H31N3O2S/c1-3-19-18(21-13-15(2)17-8-5-12-24-17)20-9-6-10-22-14-16-7-4-11-23-16/h5,8,12,15-16H,3-4,6-7,9-11,13-14H2,1-2H3,(H2,19,20,21). The third-order valence-corrected chi connectivity index (χ3v) is 5.09. The van der Waals surface area contributed by atoms with Gasteiger partial charge in [0.15, 0.2) is 5.96 Å². The fraction of sp³-hybridized carbons (Fsp3) is 0.722. The molecule has 2 N–H and O–H groups in total. The van der Waals surface area contributed by atoms with Gasteiger partial charge < -0.3 is 20.1 Å². The number of aliphatic imine (C=N–C) groups is 1. The Hall–Kier alpha value is -1.11. The number of ether oxygens (including phenoxy) is 2. The van der Waals surface area contributed by atoms with E-state index in [1.165, 1.54) is 11.3 Å². The summed E-state index contributed by atoms with van der Waals surface area (Å²) < 4.78 is 11.2. The molecule has 1 aromatic rings. The predicted octanol–water partition coefficient (Wildman–Crippen LogP) is 2.99. The maximum absolute atomic E-state index is 5.68. The number of hydrogen-bond acceptors (Lipinski definition) is 4. The average molecular weight is 354 g/mol. The molecule has 0 radical (unpaired) electrons. The summed E-state index contributed by atoms with van der Waals surface area (Å²) in [4.78, 5) is 6.08. The Bertz CT molecular complexity index is 459. The molecule has 1 saturated heterocycles. The topological polar surface area (TPSA) is 54.9 Å². The van der Waals surface area contributed by atoms with Gasteiger partial charge in [-0.3, -0.25) is 4.99 Å². The van der Waals surface area contributed by atoms with Gasteiger partial charge in [0.05, 0.1) is 19.3 Å². The molecule has 0 bridgehead atoms. The summed E-state index contributed by atoms with van der Waals surface area (Å²) in [5.74, 6) is 1.34. The lowest BCUT2D eigenvalue weighted by atomic mass is 10.1. The lowest BCUT2D eigenvalue weighted by Crippen LogP contribution is -2.38. The van der Waals surface area contributed by atoms with E-state index in [0.717, 1.165) is 58.3 Å². The van der Waals surface area contributed by atoms with Crippen LogP contribution in [0.25, 0.3) is 0 Å². The zero-order valence-corrected chi connectivity index (χ0v) is 15.7. The maximum Gasteiger partial charge on any atom is 0.191 e. The molecule has 24 heavy (non-hydrogen) atoms. The Labute approximate surface area is 149 Å². The van der Waals surface area contributed by atoms with Crippen LogP contribution in [0, 0.1) is 0 Å². The molecule has 0 aromatic carbocycles. The van der Waals surface area contributed by atoms with Crippen molar-refractivity contribution in [1.29, 1.82) is 0 Å². The molecule has 2 unspecified atom stereocenters. The summed E-state index contributed by atoms with van der Waals surface area (Å²) in [5, 5.41) is 8.80.